The minimum Gasteiger partial charge on any atom is -0.508 e. The lowest BCUT2D eigenvalue weighted by molar-refractivity contribution is -0.168. The maximum absolute atomic E-state index is 12.4. The van der Waals surface area contributed by atoms with E-state index in [1.165, 1.54) is 24.3 Å². The zero-order valence-electron chi connectivity index (χ0n) is 16.7. The molecule has 0 bridgehead atoms. The Morgan fingerprint density at radius 2 is 1.33 bits per heavy atom. The molecular formula is C20H28O7. The molecule has 1 aromatic carbocycles. The van der Waals surface area contributed by atoms with E-state index in [-0.39, 0.29) is 24.3 Å². The van der Waals surface area contributed by atoms with Crippen LogP contribution in [0.2, 0.25) is 0 Å². The number of ether oxygens (including phenoxy) is 3. The van der Waals surface area contributed by atoms with Crippen molar-refractivity contribution in [3.05, 3.63) is 24.3 Å². The predicted octanol–water partition coefficient (Wildman–Crippen LogP) is 3.38. The van der Waals surface area contributed by atoms with Crippen LogP contribution in [0.15, 0.2) is 24.3 Å². The number of phenols is 1. The number of carbonyl (C=O) groups is 3. The predicted molar refractivity (Wildman–Crippen MR) is 98.2 cm³/mol. The lowest BCUT2D eigenvalue weighted by Crippen LogP contribution is -2.33. The second-order valence-electron chi connectivity index (χ2n) is 8.19. The van der Waals surface area contributed by atoms with Gasteiger partial charge in [-0.3, -0.25) is 14.4 Å². The molecule has 0 unspecified atom stereocenters. The first-order valence-electron chi connectivity index (χ1n) is 8.69. The first-order valence-corrected chi connectivity index (χ1v) is 8.69. The van der Waals surface area contributed by atoms with Crippen molar-refractivity contribution >= 4 is 17.9 Å². The summed E-state index contributed by atoms with van der Waals surface area (Å²) in [5.41, 5.74) is -1.47. The second-order valence-corrected chi connectivity index (χ2v) is 8.19. The van der Waals surface area contributed by atoms with Gasteiger partial charge in [-0.05, 0) is 65.8 Å². The van der Waals surface area contributed by atoms with Crippen LogP contribution in [0.4, 0.5) is 0 Å². The fourth-order valence-electron chi connectivity index (χ4n) is 2.10. The Balaban J connectivity index is 2.82. The first kappa shape index (κ1) is 22.5. The Bertz CT molecular complexity index is 663. The maximum Gasteiger partial charge on any atom is 0.312 e. The largest absolute Gasteiger partial charge is 0.508 e. The van der Waals surface area contributed by atoms with Gasteiger partial charge in [0.1, 0.15) is 22.7 Å². The van der Waals surface area contributed by atoms with Gasteiger partial charge in [-0.15, -0.1) is 0 Å². The van der Waals surface area contributed by atoms with Crippen LogP contribution in [0, 0.1) is 5.92 Å². The summed E-state index contributed by atoms with van der Waals surface area (Å²) in [6.45, 7) is 10.2. The summed E-state index contributed by atoms with van der Waals surface area (Å²) in [7, 11) is 0. The number of benzene rings is 1. The molecule has 0 fully saturated rings. The Hall–Kier alpha value is -2.57. The molecule has 7 nitrogen and oxygen atoms in total. The molecule has 0 aromatic heterocycles. The van der Waals surface area contributed by atoms with Gasteiger partial charge in [0.15, 0.2) is 0 Å². The fraction of sp³-hybridized carbons (Fsp3) is 0.550. The number of aromatic hydroxyl groups is 1. The summed E-state index contributed by atoms with van der Waals surface area (Å²) in [6, 6.07) is 5.58. The second kappa shape index (κ2) is 8.88. The topological polar surface area (TPSA) is 99.1 Å². The SMILES string of the molecule is CC(C)(C)OC(=O)C[C@H](CC(=O)Oc1ccc(O)cc1)C(=O)OC(C)(C)C. The quantitative estimate of drug-likeness (QED) is 0.596. The van der Waals surface area contributed by atoms with Crippen molar-refractivity contribution in [3.63, 3.8) is 0 Å². The first-order chi connectivity index (χ1) is 12.2. The van der Waals surface area contributed by atoms with Gasteiger partial charge in [-0.25, -0.2) is 0 Å². The number of carbonyl (C=O) groups excluding carboxylic acids is 3. The number of hydrogen-bond donors (Lipinski definition) is 1. The van der Waals surface area contributed by atoms with Crippen molar-refractivity contribution in [2.75, 3.05) is 0 Å². The molecule has 1 atom stereocenters. The summed E-state index contributed by atoms with van der Waals surface area (Å²) < 4.78 is 15.7. The third-order valence-electron chi connectivity index (χ3n) is 3.05. The highest BCUT2D eigenvalue weighted by Gasteiger charge is 2.32. The molecule has 0 amide bonds. The summed E-state index contributed by atoms with van der Waals surface area (Å²) >= 11 is 0. The average Bonchev–Trinajstić information content (AvgIpc) is 2.45. The third-order valence-corrected chi connectivity index (χ3v) is 3.05. The highest BCUT2D eigenvalue weighted by Crippen LogP contribution is 2.22. The van der Waals surface area contributed by atoms with Crippen molar-refractivity contribution in [2.24, 2.45) is 5.92 Å². The van der Waals surface area contributed by atoms with Crippen molar-refractivity contribution in [2.45, 2.75) is 65.6 Å². The van der Waals surface area contributed by atoms with Gasteiger partial charge in [0, 0.05) is 0 Å². The van der Waals surface area contributed by atoms with Crippen molar-refractivity contribution < 1.29 is 33.7 Å². The van der Waals surface area contributed by atoms with Crippen molar-refractivity contribution in [3.8, 4) is 11.5 Å². The van der Waals surface area contributed by atoms with Gasteiger partial charge in [0.2, 0.25) is 0 Å². The van der Waals surface area contributed by atoms with Crippen LogP contribution in [0.5, 0.6) is 11.5 Å². The molecule has 0 aliphatic rings. The monoisotopic (exact) mass is 380 g/mol. The van der Waals surface area contributed by atoms with E-state index in [0.717, 1.165) is 0 Å². The molecule has 1 rings (SSSR count). The number of esters is 3. The van der Waals surface area contributed by atoms with E-state index in [9.17, 15) is 19.5 Å². The molecule has 0 saturated carbocycles. The van der Waals surface area contributed by atoms with Gasteiger partial charge < -0.3 is 19.3 Å². The minimum absolute atomic E-state index is 0.0337. The number of hydrogen-bond acceptors (Lipinski definition) is 7. The number of phenolic OH excluding ortho intramolecular Hbond substituents is 1. The molecule has 0 aliphatic carbocycles. The summed E-state index contributed by atoms with van der Waals surface area (Å²) in [4.78, 5) is 36.7. The Labute approximate surface area is 159 Å². The molecule has 0 aliphatic heterocycles. The molecule has 7 heteroatoms. The van der Waals surface area contributed by atoms with Gasteiger partial charge >= 0.3 is 17.9 Å². The summed E-state index contributed by atoms with van der Waals surface area (Å²) in [6.07, 6.45) is -0.633. The van der Waals surface area contributed by atoms with E-state index in [1.807, 2.05) is 0 Å². The highest BCUT2D eigenvalue weighted by atomic mass is 16.6. The van der Waals surface area contributed by atoms with Crippen LogP contribution in [0.3, 0.4) is 0 Å². The van der Waals surface area contributed by atoms with Crippen molar-refractivity contribution in [1.82, 2.24) is 0 Å². The third kappa shape index (κ3) is 9.63. The van der Waals surface area contributed by atoms with Gasteiger partial charge in [-0.1, -0.05) is 0 Å². The molecule has 0 heterocycles. The van der Waals surface area contributed by atoms with Gasteiger partial charge in [0.25, 0.3) is 0 Å². The van der Waals surface area contributed by atoms with E-state index >= 15 is 0 Å². The lowest BCUT2D eigenvalue weighted by atomic mass is 10.0. The smallest absolute Gasteiger partial charge is 0.312 e. The van der Waals surface area contributed by atoms with Crippen LogP contribution >= 0.6 is 0 Å². The van der Waals surface area contributed by atoms with Crippen LogP contribution in [-0.2, 0) is 23.9 Å². The van der Waals surface area contributed by atoms with E-state index in [4.69, 9.17) is 14.2 Å². The Morgan fingerprint density at radius 3 is 1.81 bits per heavy atom. The van der Waals surface area contributed by atoms with Crippen LogP contribution in [0.1, 0.15) is 54.4 Å². The highest BCUT2D eigenvalue weighted by molar-refractivity contribution is 5.85. The molecule has 27 heavy (non-hydrogen) atoms. The minimum atomic E-state index is -1.02. The number of rotatable bonds is 6. The zero-order chi connectivity index (χ0) is 20.8. The molecule has 0 spiro atoms. The van der Waals surface area contributed by atoms with Crippen LogP contribution in [-0.4, -0.2) is 34.2 Å². The average molecular weight is 380 g/mol. The van der Waals surface area contributed by atoms with E-state index in [1.54, 1.807) is 41.5 Å². The fourth-order valence-corrected chi connectivity index (χ4v) is 2.10. The van der Waals surface area contributed by atoms with Gasteiger partial charge in [-0.2, -0.15) is 0 Å². The molecular weight excluding hydrogens is 352 g/mol. The molecule has 0 radical (unpaired) electrons. The Morgan fingerprint density at radius 1 is 0.852 bits per heavy atom. The molecule has 1 aromatic rings. The zero-order valence-corrected chi connectivity index (χ0v) is 16.7. The van der Waals surface area contributed by atoms with Crippen LogP contribution < -0.4 is 4.74 Å². The van der Waals surface area contributed by atoms with E-state index in [2.05, 4.69) is 0 Å². The standard InChI is InChI=1S/C20H28O7/c1-19(2,3)26-17(23)12-13(18(24)27-20(4,5)6)11-16(22)25-15-9-7-14(21)8-10-15/h7-10,13,21H,11-12H2,1-6H3/t13-/m0/s1. The van der Waals surface area contributed by atoms with E-state index in [0.29, 0.717) is 0 Å². The summed E-state index contributed by atoms with van der Waals surface area (Å²) in [5, 5.41) is 9.26. The van der Waals surface area contributed by atoms with Gasteiger partial charge in [0.05, 0.1) is 18.8 Å². The molecule has 1 N–H and O–H groups in total. The lowest BCUT2D eigenvalue weighted by Gasteiger charge is -2.25. The Kier molecular flexibility index (Phi) is 7.39. The summed E-state index contributed by atoms with van der Waals surface area (Å²) in [5.74, 6) is -2.74. The molecule has 0 saturated heterocycles. The molecule has 150 valence electrons. The van der Waals surface area contributed by atoms with Crippen LogP contribution in [0.25, 0.3) is 0 Å². The van der Waals surface area contributed by atoms with Crippen molar-refractivity contribution in [1.29, 1.82) is 0 Å². The maximum atomic E-state index is 12.4. The normalized spacial score (nSPS) is 12.8. The van der Waals surface area contributed by atoms with E-state index < -0.39 is 35.0 Å².